The first-order chi connectivity index (χ1) is 12.2. The first-order valence-corrected chi connectivity index (χ1v) is 8.73. The Bertz CT molecular complexity index is 1200. The van der Waals surface area contributed by atoms with Crippen LogP contribution >= 0.6 is 0 Å². The molecule has 0 amide bonds. The Hall–Kier alpha value is -2.93. The fraction of sp³-hybridized carbons (Fsp3) is 0.125. The minimum absolute atomic E-state index is 0.164. The first-order valence-electron chi connectivity index (χ1n) is 8.73. The molecule has 0 heterocycles. The van der Waals surface area contributed by atoms with Crippen molar-refractivity contribution >= 4 is 27.3 Å². The minimum Gasteiger partial charge on any atom is -0.294 e. The number of rotatable bonds is 1. The molecule has 4 aromatic rings. The van der Waals surface area contributed by atoms with E-state index in [1.165, 1.54) is 43.8 Å². The summed E-state index contributed by atoms with van der Waals surface area (Å²) in [6.45, 7) is 3.79. The second-order valence-electron chi connectivity index (χ2n) is 6.95. The van der Waals surface area contributed by atoms with E-state index in [9.17, 15) is 4.79 Å². The molecule has 0 spiro atoms. The molecule has 0 aliphatic heterocycles. The van der Waals surface area contributed by atoms with Crippen LogP contribution in [-0.2, 0) is 6.42 Å². The number of hydrogen-bond donors (Lipinski definition) is 0. The van der Waals surface area contributed by atoms with Crippen LogP contribution in [0.15, 0.2) is 60.7 Å². The van der Waals surface area contributed by atoms with E-state index in [0.29, 0.717) is 0 Å². The number of ketones is 1. The van der Waals surface area contributed by atoms with Crippen molar-refractivity contribution in [1.82, 2.24) is 0 Å². The molecule has 0 aromatic heterocycles. The van der Waals surface area contributed by atoms with Crippen molar-refractivity contribution < 1.29 is 4.79 Å². The average Bonchev–Trinajstić information content (AvgIpc) is 2.99. The van der Waals surface area contributed by atoms with Crippen molar-refractivity contribution in [1.29, 1.82) is 0 Å². The van der Waals surface area contributed by atoms with E-state index < -0.39 is 0 Å². The molecule has 5 rings (SSSR count). The maximum atomic E-state index is 12.5. The summed E-state index contributed by atoms with van der Waals surface area (Å²) in [7, 11) is 0. The van der Waals surface area contributed by atoms with Gasteiger partial charge < -0.3 is 0 Å². The van der Waals surface area contributed by atoms with E-state index in [4.69, 9.17) is 0 Å². The van der Waals surface area contributed by atoms with Gasteiger partial charge in [0.15, 0.2) is 5.78 Å². The van der Waals surface area contributed by atoms with Gasteiger partial charge in [-0.25, -0.2) is 0 Å². The maximum Gasteiger partial charge on any atom is 0.160 e. The lowest BCUT2D eigenvalue weighted by molar-refractivity contribution is 0.101. The number of fused-ring (bicyclic) bond motifs is 7. The second-order valence-corrected chi connectivity index (χ2v) is 6.95. The molecule has 0 fully saturated rings. The predicted octanol–water partition coefficient (Wildman–Crippen LogP) is 6.08. The molecule has 0 bridgehead atoms. The highest BCUT2D eigenvalue weighted by Gasteiger charge is 2.27. The number of hydrogen-bond acceptors (Lipinski definition) is 1. The Balaban J connectivity index is 2.09. The zero-order chi connectivity index (χ0) is 17.1. The van der Waals surface area contributed by atoms with E-state index in [1.54, 1.807) is 6.92 Å². The van der Waals surface area contributed by atoms with Gasteiger partial charge in [0.25, 0.3) is 0 Å². The zero-order valence-electron chi connectivity index (χ0n) is 14.4. The molecule has 0 N–H and O–H groups in total. The Labute approximate surface area is 146 Å². The van der Waals surface area contributed by atoms with Crippen molar-refractivity contribution in [3.05, 3.63) is 82.9 Å². The first kappa shape index (κ1) is 14.4. The van der Waals surface area contributed by atoms with Gasteiger partial charge in [-0.05, 0) is 69.6 Å². The van der Waals surface area contributed by atoms with E-state index in [2.05, 4.69) is 67.6 Å². The molecule has 1 aliphatic carbocycles. The zero-order valence-corrected chi connectivity index (χ0v) is 14.4. The highest BCUT2D eigenvalue weighted by atomic mass is 16.1. The summed E-state index contributed by atoms with van der Waals surface area (Å²) in [6.07, 6.45) is 0.848. The van der Waals surface area contributed by atoms with Gasteiger partial charge in [-0.2, -0.15) is 0 Å². The summed E-state index contributed by atoms with van der Waals surface area (Å²) >= 11 is 0. The van der Waals surface area contributed by atoms with E-state index in [-0.39, 0.29) is 5.78 Å². The fourth-order valence-corrected chi connectivity index (χ4v) is 4.55. The number of carbonyl (C=O) groups is 1. The lowest BCUT2D eigenvalue weighted by Crippen LogP contribution is -2.04. The smallest absolute Gasteiger partial charge is 0.160 e. The topological polar surface area (TPSA) is 17.1 Å². The molecule has 0 radical (unpaired) electrons. The molecule has 1 nitrogen and oxygen atoms in total. The third-order valence-corrected chi connectivity index (χ3v) is 5.57. The lowest BCUT2D eigenvalue weighted by atomic mass is 9.86. The largest absolute Gasteiger partial charge is 0.294 e. The van der Waals surface area contributed by atoms with Crippen molar-refractivity contribution in [2.75, 3.05) is 0 Å². The standard InChI is InChI=1S/C24H18O/c1-14-18-12-11-16-7-3-5-9-19(16)23(18)24-20-10-6-4-8-17(20)13-21(24)22(14)15(2)25/h3-12H,13H2,1-2H3. The molecule has 1 heteroatoms. The normalized spacial score (nSPS) is 12.4. The van der Waals surface area contributed by atoms with Gasteiger partial charge in [-0.3, -0.25) is 4.79 Å². The van der Waals surface area contributed by atoms with Crippen molar-refractivity contribution in [2.45, 2.75) is 20.3 Å². The Morgan fingerprint density at radius 1 is 0.880 bits per heavy atom. The number of Topliss-reactive ketones (excluding diaryl/α,β-unsaturated/α-hetero) is 1. The molecular formula is C24H18O. The van der Waals surface area contributed by atoms with Crippen LogP contribution < -0.4 is 0 Å². The van der Waals surface area contributed by atoms with Gasteiger partial charge in [-0.15, -0.1) is 0 Å². The molecule has 0 saturated heterocycles. The quantitative estimate of drug-likeness (QED) is 0.270. The van der Waals surface area contributed by atoms with Crippen LogP contribution in [0.3, 0.4) is 0 Å². The van der Waals surface area contributed by atoms with Gasteiger partial charge in [0.05, 0.1) is 0 Å². The summed E-state index contributed by atoms with van der Waals surface area (Å²) in [5.41, 5.74) is 7.09. The van der Waals surface area contributed by atoms with Gasteiger partial charge in [-0.1, -0.05) is 60.7 Å². The van der Waals surface area contributed by atoms with Gasteiger partial charge >= 0.3 is 0 Å². The van der Waals surface area contributed by atoms with Crippen LogP contribution in [0.2, 0.25) is 0 Å². The van der Waals surface area contributed by atoms with Crippen LogP contribution in [0.5, 0.6) is 0 Å². The highest BCUT2D eigenvalue weighted by Crippen LogP contribution is 2.46. The predicted molar refractivity (Wildman–Crippen MR) is 104 cm³/mol. The summed E-state index contributed by atoms with van der Waals surface area (Å²) < 4.78 is 0. The van der Waals surface area contributed by atoms with Crippen molar-refractivity contribution in [2.24, 2.45) is 0 Å². The number of benzene rings is 4. The van der Waals surface area contributed by atoms with Crippen LogP contribution in [0.1, 0.15) is 34.0 Å². The number of aryl methyl sites for hydroxylation is 1. The third kappa shape index (κ3) is 1.87. The van der Waals surface area contributed by atoms with Gasteiger partial charge in [0.1, 0.15) is 0 Å². The average molecular weight is 322 g/mol. The molecule has 25 heavy (non-hydrogen) atoms. The van der Waals surface area contributed by atoms with E-state index >= 15 is 0 Å². The molecule has 1 aliphatic rings. The van der Waals surface area contributed by atoms with Crippen LogP contribution in [0, 0.1) is 6.92 Å². The van der Waals surface area contributed by atoms with Gasteiger partial charge in [0.2, 0.25) is 0 Å². The molecule has 0 unspecified atom stereocenters. The Kier molecular flexibility index (Phi) is 2.90. The Morgan fingerprint density at radius 2 is 1.64 bits per heavy atom. The minimum atomic E-state index is 0.164. The van der Waals surface area contributed by atoms with Crippen LogP contribution in [-0.4, -0.2) is 5.78 Å². The summed E-state index contributed by atoms with van der Waals surface area (Å²) in [5.74, 6) is 0.164. The van der Waals surface area contributed by atoms with Crippen molar-refractivity contribution in [3.8, 4) is 11.1 Å². The third-order valence-electron chi connectivity index (χ3n) is 5.57. The number of carbonyl (C=O) groups excluding carboxylic acids is 1. The Morgan fingerprint density at radius 3 is 2.48 bits per heavy atom. The molecule has 0 saturated carbocycles. The fourth-order valence-electron chi connectivity index (χ4n) is 4.55. The summed E-state index contributed by atoms with van der Waals surface area (Å²) in [4.78, 5) is 12.5. The van der Waals surface area contributed by atoms with Crippen molar-refractivity contribution in [3.63, 3.8) is 0 Å². The van der Waals surface area contributed by atoms with Crippen LogP contribution in [0.4, 0.5) is 0 Å². The monoisotopic (exact) mass is 322 g/mol. The maximum absolute atomic E-state index is 12.5. The molecular weight excluding hydrogens is 304 g/mol. The van der Waals surface area contributed by atoms with Gasteiger partial charge in [0, 0.05) is 5.56 Å². The summed E-state index contributed by atoms with van der Waals surface area (Å²) in [6, 6.07) is 21.5. The second kappa shape index (κ2) is 5.03. The summed E-state index contributed by atoms with van der Waals surface area (Å²) in [5, 5.41) is 5.00. The molecule has 4 aromatic carbocycles. The lowest BCUT2D eigenvalue weighted by Gasteiger charge is -2.17. The van der Waals surface area contributed by atoms with Crippen LogP contribution in [0.25, 0.3) is 32.7 Å². The van der Waals surface area contributed by atoms with E-state index in [0.717, 1.165) is 17.5 Å². The molecule has 0 atom stereocenters. The highest BCUT2D eigenvalue weighted by molar-refractivity contribution is 6.20. The SMILES string of the molecule is CC(=O)c1c2c(c3c(ccc4ccccc43)c1C)-c1ccccc1C2. The molecule has 120 valence electrons. The van der Waals surface area contributed by atoms with E-state index in [1.807, 2.05) is 0 Å².